The molecule has 0 bridgehead atoms. The molecular weight excluding hydrogens is 270 g/mol. The number of aromatic nitrogens is 1. The minimum atomic E-state index is -0.928. The maximum absolute atomic E-state index is 11.7. The van der Waals surface area contributed by atoms with Crippen LogP contribution in [0.5, 0.6) is 0 Å². The number of nitrogens with one attached hydrogen (secondary N) is 1. The molecule has 1 heterocycles. The van der Waals surface area contributed by atoms with E-state index in [0.29, 0.717) is 5.13 Å². The van der Waals surface area contributed by atoms with Crippen molar-refractivity contribution in [2.24, 2.45) is 5.92 Å². The van der Waals surface area contributed by atoms with E-state index in [2.05, 4.69) is 10.3 Å². The summed E-state index contributed by atoms with van der Waals surface area (Å²) in [5, 5.41) is 22.6. The standard InChI is InChI=1S/C11H17N3O4S/c1-8(10(17)18)6-14(3-4-15)7-9(16)13-11-12-2-5-19-11/h2,5,8,15H,3-4,6-7H2,1H3,(H,17,18)(H,12,13,16). The van der Waals surface area contributed by atoms with E-state index in [1.165, 1.54) is 11.3 Å². The average molecular weight is 287 g/mol. The molecule has 1 aromatic heterocycles. The maximum atomic E-state index is 11.7. The first-order valence-corrected chi connectivity index (χ1v) is 6.66. The Bertz CT molecular complexity index is 410. The fourth-order valence-corrected chi connectivity index (χ4v) is 2.03. The zero-order valence-corrected chi connectivity index (χ0v) is 11.4. The number of rotatable bonds is 8. The van der Waals surface area contributed by atoms with Gasteiger partial charge in [-0.1, -0.05) is 6.92 Å². The molecule has 0 aromatic carbocycles. The first-order valence-electron chi connectivity index (χ1n) is 5.78. The zero-order valence-electron chi connectivity index (χ0n) is 10.6. The average Bonchev–Trinajstić information content (AvgIpc) is 2.81. The van der Waals surface area contributed by atoms with Crippen molar-refractivity contribution in [2.45, 2.75) is 6.92 Å². The summed E-state index contributed by atoms with van der Waals surface area (Å²) in [4.78, 5) is 28.0. The van der Waals surface area contributed by atoms with Crippen molar-refractivity contribution in [3.05, 3.63) is 11.6 Å². The lowest BCUT2D eigenvalue weighted by Crippen LogP contribution is -2.39. The minimum absolute atomic E-state index is 0.0256. The highest BCUT2D eigenvalue weighted by atomic mass is 32.1. The number of thiazole rings is 1. The van der Waals surface area contributed by atoms with Crippen LogP contribution < -0.4 is 5.32 Å². The molecule has 8 heteroatoms. The van der Waals surface area contributed by atoms with Crippen LogP contribution in [0.15, 0.2) is 11.6 Å². The van der Waals surface area contributed by atoms with E-state index in [1.807, 2.05) is 0 Å². The smallest absolute Gasteiger partial charge is 0.307 e. The number of anilines is 1. The van der Waals surface area contributed by atoms with Crippen molar-refractivity contribution >= 4 is 28.3 Å². The van der Waals surface area contributed by atoms with Gasteiger partial charge in [0.25, 0.3) is 0 Å². The number of nitrogens with zero attached hydrogens (tertiary/aromatic N) is 2. The van der Waals surface area contributed by atoms with Crippen LogP contribution in [0.3, 0.4) is 0 Å². The molecule has 19 heavy (non-hydrogen) atoms. The van der Waals surface area contributed by atoms with Crippen molar-refractivity contribution in [1.29, 1.82) is 0 Å². The molecule has 3 N–H and O–H groups in total. The Balaban J connectivity index is 2.47. The summed E-state index contributed by atoms with van der Waals surface area (Å²) in [7, 11) is 0. The van der Waals surface area contributed by atoms with Gasteiger partial charge < -0.3 is 15.5 Å². The van der Waals surface area contributed by atoms with Gasteiger partial charge in [-0.3, -0.25) is 14.5 Å². The van der Waals surface area contributed by atoms with Crippen LogP contribution in [0, 0.1) is 5.92 Å². The molecular formula is C11H17N3O4S. The third-order valence-electron chi connectivity index (χ3n) is 2.42. The molecule has 0 radical (unpaired) electrons. The molecule has 1 amide bonds. The number of aliphatic carboxylic acids is 1. The molecule has 1 rings (SSSR count). The predicted molar refractivity (Wildman–Crippen MR) is 71.1 cm³/mol. The second-order valence-electron chi connectivity index (χ2n) is 4.08. The summed E-state index contributed by atoms with van der Waals surface area (Å²) in [6.07, 6.45) is 1.58. The highest BCUT2D eigenvalue weighted by molar-refractivity contribution is 7.13. The van der Waals surface area contributed by atoms with Crippen LogP contribution in [0.1, 0.15) is 6.92 Å². The summed E-state index contributed by atoms with van der Waals surface area (Å²) in [6.45, 7) is 1.92. The van der Waals surface area contributed by atoms with Crippen LogP contribution in [-0.2, 0) is 9.59 Å². The van der Waals surface area contributed by atoms with Crippen LogP contribution in [-0.4, -0.2) is 58.2 Å². The Morgan fingerprint density at radius 2 is 2.32 bits per heavy atom. The van der Waals surface area contributed by atoms with E-state index in [9.17, 15) is 9.59 Å². The van der Waals surface area contributed by atoms with E-state index in [1.54, 1.807) is 23.4 Å². The molecule has 1 aromatic rings. The lowest BCUT2D eigenvalue weighted by molar-refractivity contribution is -0.142. The van der Waals surface area contributed by atoms with Gasteiger partial charge in [0.15, 0.2) is 5.13 Å². The summed E-state index contributed by atoms with van der Waals surface area (Å²) in [5.41, 5.74) is 0. The van der Waals surface area contributed by atoms with Crippen LogP contribution in [0.25, 0.3) is 0 Å². The molecule has 1 atom stereocenters. The van der Waals surface area contributed by atoms with Gasteiger partial charge in [0.1, 0.15) is 0 Å². The SMILES string of the molecule is CC(CN(CCO)CC(=O)Nc1nccs1)C(=O)O. The van der Waals surface area contributed by atoms with Gasteiger partial charge in [0, 0.05) is 24.7 Å². The van der Waals surface area contributed by atoms with E-state index in [4.69, 9.17) is 10.2 Å². The van der Waals surface area contributed by atoms with Gasteiger partial charge in [-0.15, -0.1) is 11.3 Å². The molecule has 0 aliphatic heterocycles. The largest absolute Gasteiger partial charge is 0.481 e. The van der Waals surface area contributed by atoms with Gasteiger partial charge in [0.05, 0.1) is 19.1 Å². The van der Waals surface area contributed by atoms with Crippen molar-refractivity contribution < 1.29 is 19.8 Å². The van der Waals surface area contributed by atoms with Crippen molar-refractivity contribution in [3.8, 4) is 0 Å². The fourth-order valence-electron chi connectivity index (χ4n) is 1.49. The van der Waals surface area contributed by atoms with Crippen LogP contribution in [0.4, 0.5) is 5.13 Å². The summed E-state index contributed by atoms with van der Waals surface area (Å²) in [6, 6.07) is 0. The van der Waals surface area contributed by atoms with Gasteiger partial charge in [-0.05, 0) is 0 Å². The van der Waals surface area contributed by atoms with Crippen LogP contribution in [0.2, 0.25) is 0 Å². The van der Waals surface area contributed by atoms with Gasteiger partial charge in [-0.2, -0.15) is 0 Å². The molecule has 0 saturated carbocycles. The number of carbonyl (C=O) groups excluding carboxylic acids is 1. The fraction of sp³-hybridized carbons (Fsp3) is 0.545. The summed E-state index contributed by atoms with van der Waals surface area (Å²) < 4.78 is 0. The highest BCUT2D eigenvalue weighted by Crippen LogP contribution is 2.10. The number of aliphatic hydroxyl groups excluding tert-OH is 1. The number of carbonyl (C=O) groups is 2. The molecule has 0 saturated heterocycles. The first kappa shape index (κ1) is 15.5. The first-order chi connectivity index (χ1) is 9.02. The number of amides is 1. The predicted octanol–water partition coefficient (Wildman–Crippen LogP) is 0.0966. The topological polar surface area (TPSA) is 103 Å². The molecule has 0 fully saturated rings. The maximum Gasteiger partial charge on any atom is 0.307 e. The Morgan fingerprint density at radius 1 is 1.58 bits per heavy atom. The van der Waals surface area contributed by atoms with Crippen molar-refractivity contribution in [1.82, 2.24) is 9.88 Å². The second-order valence-corrected chi connectivity index (χ2v) is 4.98. The Morgan fingerprint density at radius 3 is 2.84 bits per heavy atom. The normalized spacial score (nSPS) is 12.4. The van der Waals surface area contributed by atoms with E-state index in [0.717, 1.165) is 0 Å². The Kier molecular flexibility index (Phi) is 6.40. The minimum Gasteiger partial charge on any atom is -0.481 e. The number of hydrogen-bond acceptors (Lipinski definition) is 6. The molecule has 1 unspecified atom stereocenters. The van der Waals surface area contributed by atoms with Gasteiger partial charge in [-0.25, -0.2) is 4.98 Å². The highest BCUT2D eigenvalue weighted by Gasteiger charge is 2.18. The van der Waals surface area contributed by atoms with Crippen molar-refractivity contribution in [3.63, 3.8) is 0 Å². The van der Waals surface area contributed by atoms with Gasteiger partial charge >= 0.3 is 5.97 Å². The Hall–Kier alpha value is -1.51. The molecule has 0 spiro atoms. The number of carboxylic acid groups (broad SMARTS) is 1. The second kappa shape index (κ2) is 7.82. The molecule has 0 aliphatic rings. The van der Waals surface area contributed by atoms with Crippen molar-refractivity contribution in [2.75, 3.05) is 31.6 Å². The zero-order chi connectivity index (χ0) is 14.3. The van der Waals surface area contributed by atoms with E-state index in [-0.39, 0.29) is 32.1 Å². The molecule has 7 nitrogen and oxygen atoms in total. The van der Waals surface area contributed by atoms with E-state index >= 15 is 0 Å². The third-order valence-corrected chi connectivity index (χ3v) is 3.10. The lowest BCUT2D eigenvalue weighted by atomic mass is 10.1. The third kappa shape index (κ3) is 5.77. The Labute approximate surface area is 114 Å². The van der Waals surface area contributed by atoms with E-state index < -0.39 is 11.9 Å². The summed E-state index contributed by atoms with van der Waals surface area (Å²) >= 11 is 1.31. The number of hydrogen-bond donors (Lipinski definition) is 3. The summed E-state index contributed by atoms with van der Waals surface area (Å²) in [5.74, 6) is -1.80. The molecule has 0 aliphatic carbocycles. The molecule has 106 valence electrons. The quantitative estimate of drug-likeness (QED) is 0.626. The number of carboxylic acids is 1. The van der Waals surface area contributed by atoms with Gasteiger partial charge in [0.2, 0.25) is 5.91 Å². The monoisotopic (exact) mass is 287 g/mol. The van der Waals surface area contributed by atoms with Crippen LogP contribution >= 0.6 is 11.3 Å². The number of aliphatic hydroxyl groups is 1. The lowest BCUT2D eigenvalue weighted by Gasteiger charge is -2.22.